The van der Waals surface area contributed by atoms with Gasteiger partial charge in [0.1, 0.15) is 0 Å². The summed E-state index contributed by atoms with van der Waals surface area (Å²) in [5.74, 6) is 0.235. The second-order valence-electron chi connectivity index (χ2n) is 4.87. The summed E-state index contributed by atoms with van der Waals surface area (Å²) in [4.78, 5) is 11.8. The minimum atomic E-state index is -0.508. The number of aliphatic hydroxyl groups excluding tert-OH is 1. The van der Waals surface area contributed by atoms with Gasteiger partial charge in [0.05, 0.1) is 18.2 Å². The van der Waals surface area contributed by atoms with Crippen molar-refractivity contribution < 1.29 is 9.90 Å². The number of hydrogen-bond donors (Lipinski definition) is 3. The molecule has 0 fully saturated rings. The maximum atomic E-state index is 11.8. The van der Waals surface area contributed by atoms with Gasteiger partial charge in [-0.1, -0.05) is 27.7 Å². The van der Waals surface area contributed by atoms with E-state index in [1.165, 1.54) is 0 Å². The molecule has 4 nitrogen and oxygen atoms in total. The van der Waals surface area contributed by atoms with Crippen molar-refractivity contribution in [2.75, 3.05) is 6.61 Å². The third-order valence-electron chi connectivity index (χ3n) is 3.11. The fourth-order valence-corrected chi connectivity index (χ4v) is 1.66. The molecule has 96 valence electrons. The normalized spacial score (nSPS) is 13.9. The van der Waals surface area contributed by atoms with Gasteiger partial charge in [-0.05, 0) is 25.2 Å². The van der Waals surface area contributed by atoms with Crippen LogP contribution in [-0.4, -0.2) is 29.2 Å². The summed E-state index contributed by atoms with van der Waals surface area (Å²) >= 11 is 0. The summed E-state index contributed by atoms with van der Waals surface area (Å²) in [6.45, 7) is 7.93. The molecule has 0 aliphatic carbocycles. The topological polar surface area (TPSA) is 75.3 Å². The Morgan fingerprint density at radius 3 is 2.19 bits per heavy atom. The van der Waals surface area contributed by atoms with Gasteiger partial charge in [0.25, 0.3) is 0 Å². The standard InChI is InChI=1S/C12H26N2O2/c1-5-12(6-2,8-15)14-11(16)10(13)7-9(3)4/h9-10,15H,5-8,13H2,1-4H3,(H,14,16)/t10-/m1/s1. The Balaban J connectivity index is 4.40. The van der Waals surface area contributed by atoms with Gasteiger partial charge in [-0.25, -0.2) is 0 Å². The molecule has 0 heterocycles. The van der Waals surface area contributed by atoms with Crippen LogP contribution in [0, 0.1) is 5.92 Å². The fourth-order valence-electron chi connectivity index (χ4n) is 1.66. The number of nitrogens with one attached hydrogen (secondary N) is 1. The van der Waals surface area contributed by atoms with Crippen LogP contribution in [0.2, 0.25) is 0 Å². The lowest BCUT2D eigenvalue weighted by molar-refractivity contribution is -0.125. The molecule has 0 bridgehead atoms. The van der Waals surface area contributed by atoms with Gasteiger partial charge < -0.3 is 16.2 Å². The van der Waals surface area contributed by atoms with Crippen molar-refractivity contribution in [3.8, 4) is 0 Å². The Hall–Kier alpha value is -0.610. The molecule has 0 radical (unpaired) electrons. The molecule has 0 rings (SSSR count). The number of carbonyl (C=O) groups excluding carboxylic acids is 1. The summed E-state index contributed by atoms with van der Waals surface area (Å²) < 4.78 is 0. The van der Waals surface area contributed by atoms with Gasteiger partial charge in [0.2, 0.25) is 5.91 Å². The van der Waals surface area contributed by atoms with Crippen LogP contribution in [-0.2, 0) is 4.79 Å². The Morgan fingerprint density at radius 1 is 1.38 bits per heavy atom. The second-order valence-corrected chi connectivity index (χ2v) is 4.87. The Labute approximate surface area is 98.6 Å². The Bertz CT molecular complexity index is 205. The number of nitrogens with two attached hydrogens (primary N) is 1. The highest BCUT2D eigenvalue weighted by molar-refractivity contribution is 5.82. The van der Waals surface area contributed by atoms with Crippen LogP contribution in [0.3, 0.4) is 0 Å². The Kier molecular flexibility index (Phi) is 6.60. The van der Waals surface area contributed by atoms with E-state index in [9.17, 15) is 9.90 Å². The van der Waals surface area contributed by atoms with Crippen LogP contribution in [0.4, 0.5) is 0 Å². The van der Waals surface area contributed by atoms with Crippen LogP contribution >= 0.6 is 0 Å². The fraction of sp³-hybridized carbons (Fsp3) is 0.917. The van der Waals surface area contributed by atoms with Crippen molar-refractivity contribution in [3.63, 3.8) is 0 Å². The molecule has 4 N–H and O–H groups in total. The van der Waals surface area contributed by atoms with Crippen molar-refractivity contribution >= 4 is 5.91 Å². The molecule has 0 aromatic carbocycles. The molecule has 0 spiro atoms. The van der Waals surface area contributed by atoms with E-state index < -0.39 is 11.6 Å². The number of hydrogen-bond acceptors (Lipinski definition) is 3. The minimum absolute atomic E-state index is 0.0415. The van der Waals surface area contributed by atoms with E-state index in [0.29, 0.717) is 25.2 Å². The molecule has 0 aromatic rings. The quantitative estimate of drug-likeness (QED) is 0.611. The van der Waals surface area contributed by atoms with Crippen molar-refractivity contribution in [2.24, 2.45) is 11.7 Å². The first-order valence-electron chi connectivity index (χ1n) is 6.09. The van der Waals surface area contributed by atoms with Crippen molar-refractivity contribution in [1.29, 1.82) is 0 Å². The maximum Gasteiger partial charge on any atom is 0.237 e. The van der Waals surface area contributed by atoms with Crippen LogP contribution in [0.1, 0.15) is 47.0 Å². The molecule has 0 unspecified atom stereocenters. The van der Waals surface area contributed by atoms with Gasteiger partial charge in [0.15, 0.2) is 0 Å². The number of amides is 1. The first kappa shape index (κ1) is 15.4. The largest absolute Gasteiger partial charge is 0.394 e. The zero-order valence-corrected chi connectivity index (χ0v) is 10.9. The molecule has 0 aliphatic rings. The van der Waals surface area contributed by atoms with Crippen LogP contribution in [0.25, 0.3) is 0 Å². The summed E-state index contributed by atoms with van der Waals surface area (Å²) in [5.41, 5.74) is 5.29. The molecule has 0 aliphatic heterocycles. The van der Waals surface area contributed by atoms with Gasteiger partial charge >= 0.3 is 0 Å². The number of rotatable bonds is 7. The monoisotopic (exact) mass is 230 g/mol. The average Bonchev–Trinajstić information content (AvgIpc) is 2.25. The molecular weight excluding hydrogens is 204 g/mol. The SMILES string of the molecule is CCC(CC)(CO)NC(=O)[C@H](N)CC(C)C. The van der Waals surface area contributed by atoms with Gasteiger partial charge in [-0.2, -0.15) is 0 Å². The highest BCUT2D eigenvalue weighted by Gasteiger charge is 2.29. The van der Waals surface area contributed by atoms with Crippen LogP contribution in [0.5, 0.6) is 0 Å². The van der Waals surface area contributed by atoms with E-state index >= 15 is 0 Å². The molecule has 1 amide bonds. The second kappa shape index (κ2) is 6.86. The molecule has 4 heteroatoms. The number of carbonyl (C=O) groups is 1. The lowest BCUT2D eigenvalue weighted by atomic mass is 9.93. The highest BCUT2D eigenvalue weighted by atomic mass is 16.3. The molecular formula is C12H26N2O2. The first-order valence-corrected chi connectivity index (χ1v) is 6.09. The maximum absolute atomic E-state index is 11.8. The van der Waals surface area contributed by atoms with E-state index in [-0.39, 0.29) is 12.5 Å². The lowest BCUT2D eigenvalue weighted by Gasteiger charge is -2.32. The van der Waals surface area contributed by atoms with Crippen LogP contribution < -0.4 is 11.1 Å². The smallest absolute Gasteiger partial charge is 0.237 e. The Morgan fingerprint density at radius 2 is 1.88 bits per heavy atom. The van der Waals surface area contributed by atoms with Gasteiger partial charge in [-0.15, -0.1) is 0 Å². The number of aliphatic hydroxyl groups is 1. The molecule has 1 atom stereocenters. The average molecular weight is 230 g/mol. The summed E-state index contributed by atoms with van der Waals surface area (Å²) in [5, 5.41) is 12.2. The zero-order valence-electron chi connectivity index (χ0n) is 10.9. The van der Waals surface area contributed by atoms with E-state index in [4.69, 9.17) is 5.73 Å². The summed E-state index contributed by atoms with van der Waals surface area (Å²) in [7, 11) is 0. The third kappa shape index (κ3) is 4.49. The molecule has 0 saturated carbocycles. The predicted octanol–water partition coefficient (Wildman–Crippen LogP) is 1.03. The highest BCUT2D eigenvalue weighted by Crippen LogP contribution is 2.14. The van der Waals surface area contributed by atoms with E-state index in [0.717, 1.165) is 0 Å². The lowest BCUT2D eigenvalue weighted by Crippen LogP contribution is -2.55. The van der Waals surface area contributed by atoms with Gasteiger partial charge in [0, 0.05) is 0 Å². The van der Waals surface area contributed by atoms with E-state index in [2.05, 4.69) is 5.32 Å². The van der Waals surface area contributed by atoms with Crippen molar-refractivity contribution in [1.82, 2.24) is 5.32 Å². The third-order valence-corrected chi connectivity index (χ3v) is 3.11. The van der Waals surface area contributed by atoms with Crippen molar-refractivity contribution in [2.45, 2.75) is 58.5 Å². The van der Waals surface area contributed by atoms with Gasteiger partial charge in [-0.3, -0.25) is 4.79 Å². The zero-order chi connectivity index (χ0) is 12.8. The predicted molar refractivity (Wildman–Crippen MR) is 66.0 cm³/mol. The summed E-state index contributed by atoms with van der Waals surface area (Å²) in [6, 6.07) is -0.482. The van der Waals surface area contributed by atoms with Crippen LogP contribution in [0.15, 0.2) is 0 Å². The van der Waals surface area contributed by atoms with E-state index in [1.807, 2.05) is 27.7 Å². The van der Waals surface area contributed by atoms with E-state index in [1.54, 1.807) is 0 Å². The molecule has 16 heavy (non-hydrogen) atoms. The molecule has 0 aromatic heterocycles. The summed E-state index contributed by atoms with van der Waals surface area (Å²) in [6.07, 6.45) is 2.08. The minimum Gasteiger partial charge on any atom is -0.394 e. The molecule has 0 saturated heterocycles. The van der Waals surface area contributed by atoms with Crippen molar-refractivity contribution in [3.05, 3.63) is 0 Å². The first-order chi connectivity index (χ1) is 7.40.